The summed E-state index contributed by atoms with van der Waals surface area (Å²) in [5, 5.41) is 3.03. The van der Waals surface area contributed by atoms with E-state index in [0.717, 1.165) is 20.4 Å². The van der Waals surface area contributed by atoms with Crippen LogP contribution < -0.4 is 5.32 Å². The Morgan fingerprint density at radius 3 is 2.59 bits per heavy atom. The zero-order valence-corrected chi connectivity index (χ0v) is 14.2. The topological polar surface area (TPSA) is 29.1 Å². The number of hydrogen-bond donors (Lipinski definition) is 1. The van der Waals surface area contributed by atoms with Crippen LogP contribution in [0.5, 0.6) is 0 Å². The second-order valence-electron chi connectivity index (χ2n) is 4.36. The lowest BCUT2D eigenvalue weighted by Crippen LogP contribution is -2.33. The van der Waals surface area contributed by atoms with Crippen molar-refractivity contribution in [2.45, 2.75) is 39.7 Å². The average Bonchev–Trinajstić information content (AvgIpc) is 2.57. The first-order valence-corrected chi connectivity index (χ1v) is 8.10. The molecule has 0 aromatic carbocycles. The highest BCUT2D eigenvalue weighted by atomic mass is 79.9. The molecule has 0 fully saturated rings. The first-order valence-electron chi connectivity index (χ1n) is 5.69. The molecule has 0 bridgehead atoms. The van der Waals surface area contributed by atoms with Gasteiger partial charge in [-0.2, -0.15) is 0 Å². The van der Waals surface area contributed by atoms with Crippen molar-refractivity contribution in [2.24, 2.45) is 5.92 Å². The van der Waals surface area contributed by atoms with Crippen molar-refractivity contribution >= 4 is 49.1 Å². The quantitative estimate of drug-likeness (QED) is 0.776. The Morgan fingerprint density at radius 2 is 2.12 bits per heavy atom. The molecular formula is C12H17Br2NOS. The minimum atomic E-state index is -0.00497. The van der Waals surface area contributed by atoms with E-state index in [4.69, 9.17) is 0 Å². The Morgan fingerprint density at radius 1 is 1.47 bits per heavy atom. The average molecular weight is 383 g/mol. The predicted octanol–water partition coefficient (Wildman–Crippen LogP) is 4.83. The third kappa shape index (κ3) is 4.72. The van der Waals surface area contributed by atoms with Crippen molar-refractivity contribution in [1.29, 1.82) is 0 Å². The van der Waals surface area contributed by atoms with Gasteiger partial charge in [-0.15, -0.1) is 11.3 Å². The van der Waals surface area contributed by atoms with Gasteiger partial charge in [-0.3, -0.25) is 4.79 Å². The number of carbonyl (C=O) groups is 1. The predicted molar refractivity (Wildman–Crippen MR) is 80.7 cm³/mol. The number of halogens is 2. The SMILES string of the molecule is CCC(C)CC(C)NC(=O)c1cc(Br)sc1Br. The monoisotopic (exact) mass is 381 g/mol. The van der Waals surface area contributed by atoms with Crippen molar-refractivity contribution in [3.8, 4) is 0 Å². The molecule has 0 saturated heterocycles. The van der Waals surface area contributed by atoms with Crippen LogP contribution in [0.15, 0.2) is 13.6 Å². The molecule has 0 aliphatic carbocycles. The van der Waals surface area contributed by atoms with Crippen LogP contribution in [0.25, 0.3) is 0 Å². The van der Waals surface area contributed by atoms with Crippen molar-refractivity contribution in [3.05, 3.63) is 19.2 Å². The van der Waals surface area contributed by atoms with Gasteiger partial charge in [0.1, 0.15) is 0 Å². The first-order chi connectivity index (χ1) is 7.93. The molecule has 1 rings (SSSR count). The van der Waals surface area contributed by atoms with Crippen LogP contribution in [0.1, 0.15) is 44.0 Å². The molecule has 2 unspecified atom stereocenters. The number of rotatable bonds is 5. The highest BCUT2D eigenvalue weighted by Crippen LogP contribution is 2.31. The van der Waals surface area contributed by atoms with Gasteiger partial charge in [0, 0.05) is 6.04 Å². The lowest BCUT2D eigenvalue weighted by molar-refractivity contribution is 0.0935. The largest absolute Gasteiger partial charge is 0.350 e. The van der Waals surface area contributed by atoms with Crippen LogP contribution in [0.2, 0.25) is 0 Å². The number of thiophene rings is 1. The van der Waals surface area contributed by atoms with Gasteiger partial charge in [-0.05, 0) is 57.2 Å². The van der Waals surface area contributed by atoms with Crippen LogP contribution in [-0.2, 0) is 0 Å². The molecule has 0 aliphatic rings. The van der Waals surface area contributed by atoms with Gasteiger partial charge >= 0.3 is 0 Å². The summed E-state index contributed by atoms with van der Waals surface area (Å²) in [4.78, 5) is 12.0. The van der Waals surface area contributed by atoms with Crippen molar-refractivity contribution in [1.82, 2.24) is 5.32 Å². The number of nitrogens with one attached hydrogen (secondary N) is 1. The molecular weight excluding hydrogens is 366 g/mol. The smallest absolute Gasteiger partial charge is 0.253 e. The fraction of sp³-hybridized carbons (Fsp3) is 0.583. The summed E-state index contributed by atoms with van der Waals surface area (Å²) in [5.74, 6) is 0.637. The highest BCUT2D eigenvalue weighted by Gasteiger charge is 2.16. The summed E-state index contributed by atoms with van der Waals surface area (Å²) in [6.45, 7) is 6.44. The summed E-state index contributed by atoms with van der Waals surface area (Å²) in [6, 6.07) is 2.06. The van der Waals surface area contributed by atoms with Crippen LogP contribution >= 0.6 is 43.2 Å². The van der Waals surface area contributed by atoms with Crippen LogP contribution in [0.3, 0.4) is 0 Å². The molecule has 5 heteroatoms. The molecule has 17 heavy (non-hydrogen) atoms. The fourth-order valence-corrected chi connectivity index (χ4v) is 4.42. The maximum absolute atomic E-state index is 12.0. The van der Waals surface area contributed by atoms with E-state index in [9.17, 15) is 4.79 Å². The van der Waals surface area contributed by atoms with Gasteiger partial charge in [0.25, 0.3) is 5.91 Å². The van der Waals surface area contributed by atoms with E-state index in [0.29, 0.717) is 11.5 Å². The number of carbonyl (C=O) groups excluding carboxylic acids is 1. The summed E-state index contributed by atoms with van der Waals surface area (Å²) in [6.07, 6.45) is 2.17. The van der Waals surface area contributed by atoms with E-state index in [1.165, 1.54) is 11.3 Å². The van der Waals surface area contributed by atoms with Crippen LogP contribution in [0, 0.1) is 5.92 Å². The summed E-state index contributed by atoms with van der Waals surface area (Å²) in [7, 11) is 0. The minimum Gasteiger partial charge on any atom is -0.350 e. The lowest BCUT2D eigenvalue weighted by Gasteiger charge is -2.17. The van der Waals surface area contributed by atoms with Crippen molar-refractivity contribution < 1.29 is 4.79 Å². The third-order valence-electron chi connectivity index (χ3n) is 2.73. The maximum atomic E-state index is 12.0. The fourth-order valence-electron chi connectivity index (χ4n) is 1.63. The Hall–Kier alpha value is 0.130. The molecule has 1 heterocycles. The van der Waals surface area contributed by atoms with Gasteiger partial charge in [0.2, 0.25) is 0 Å². The molecule has 0 radical (unpaired) electrons. The normalized spacial score (nSPS) is 14.4. The van der Waals surface area contributed by atoms with E-state index >= 15 is 0 Å². The van der Waals surface area contributed by atoms with E-state index in [1.54, 1.807) is 0 Å². The van der Waals surface area contributed by atoms with Gasteiger partial charge < -0.3 is 5.32 Å². The van der Waals surface area contributed by atoms with Crippen molar-refractivity contribution in [2.75, 3.05) is 0 Å². The van der Waals surface area contributed by atoms with Gasteiger partial charge in [-0.1, -0.05) is 20.3 Å². The Labute approximate surface area is 123 Å². The Balaban J connectivity index is 2.57. The maximum Gasteiger partial charge on any atom is 0.253 e. The van der Waals surface area contributed by atoms with Crippen LogP contribution in [0.4, 0.5) is 0 Å². The summed E-state index contributed by atoms with van der Waals surface area (Å²) in [5.41, 5.74) is 0.706. The van der Waals surface area contributed by atoms with Crippen LogP contribution in [-0.4, -0.2) is 11.9 Å². The van der Waals surface area contributed by atoms with Gasteiger partial charge in [-0.25, -0.2) is 0 Å². The highest BCUT2D eigenvalue weighted by molar-refractivity contribution is 9.12. The molecule has 1 N–H and O–H groups in total. The summed E-state index contributed by atoms with van der Waals surface area (Å²) >= 11 is 8.29. The molecule has 2 atom stereocenters. The molecule has 1 aromatic heterocycles. The zero-order valence-electron chi connectivity index (χ0n) is 10.2. The third-order valence-corrected chi connectivity index (χ3v) is 5.07. The van der Waals surface area contributed by atoms with Gasteiger partial charge in [0.15, 0.2) is 0 Å². The molecule has 96 valence electrons. The second kappa shape index (κ2) is 6.90. The molecule has 0 saturated carbocycles. The van der Waals surface area contributed by atoms with E-state index < -0.39 is 0 Å². The lowest BCUT2D eigenvalue weighted by atomic mass is 10.0. The molecule has 0 aliphatic heterocycles. The van der Waals surface area contributed by atoms with Gasteiger partial charge in [0.05, 0.1) is 13.1 Å². The van der Waals surface area contributed by atoms with E-state index in [2.05, 4.69) is 57.9 Å². The summed E-state index contributed by atoms with van der Waals surface area (Å²) < 4.78 is 1.83. The Bertz CT molecular complexity index is 392. The second-order valence-corrected chi connectivity index (χ2v) is 8.11. The Kier molecular flexibility index (Phi) is 6.17. The number of amides is 1. The number of hydrogen-bond acceptors (Lipinski definition) is 2. The standard InChI is InChI=1S/C12H17Br2NOS/c1-4-7(2)5-8(3)15-12(16)9-6-10(13)17-11(9)14/h6-8H,4-5H2,1-3H3,(H,15,16). The van der Waals surface area contributed by atoms with E-state index in [1.807, 2.05) is 6.07 Å². The molecule has 1 amide bonds. The minimum absolute atomic E-state index is 0.00497. The zero-order chi connectivity index (χ0) is 13.0. The molecule has 1 aromatic rings. The van der Waals surface area contributed by atoms with Crippen molar-refractivity contribution in [3.63, 3.8) is 0 Å². The molecule has 0 spiro atoms. The first kappa shape index (κ1) is 15.2. The molecule has 2 nitrogen and oxygen atoms in total. The van der Waals surface area contributed by atoms with E-state index in [-0.39, 0.29) is 11.9 Å².